The van der Waals surface area contributed by atoms with Gasteiger partial charge in [0.2, 0.25) is 0 Å². The average Bonchev–Trinajstić information content (AvgIpc) is 3.11. The van der Waals surface area contributed by atoms with Crippen molar-refractivity contribution in [1.29, 1.82) is 0 Å². The molecule has 3 heterocycles. The third kappa shape index (κ3) is 4.01. The molecule has 0 unspecified atom stereocenters. The maximum atomic E-state index is 12.9. The fourth-order valence-corrected chi connectivity index (χ4v) is 4.21. The number of hydrogen-bond acceptors (Lipinski definition) is 7. The minimum Gasteiger partial charge on any atom is -0.223 e. The van der Waals surface area contributed by atoms with Crippen molar-refractivity contribution in [2.45, 2.75) is 38.5 Å². The van der Waals surface area contributed by atoms with Gasteiger partial charge in [-0.05, 0) is 38.5 Å². The summed E-state index contributed by atoms with van der Waals surface area (Å²) in [7, 11) is -3.59. The summed E-state index contributed by atoms with van der Waals surface area (Å²) in [4.78, 5) is 0. The molecular weight excluding hydrogens is 281 g/mol. The van der Waals surface area contributed by atoms with Gasteiger partial charge < -0.3 is 0 Å². The van der Waals surface area contributed by atoms with Crippen LogP contribution in [0.3, 0.4) is 0 Å². The molecule has 0 aromatic carbocycles. The van der Waals surface area contributed by atoms with Gasteiger partial charge in [0.15, 0.2) is 0 Å². The minimum atomic E-state index is -3.59. The van der Waals surface area contributed by atoms with E-state index in [4.69, 9.17) is 13.9 Å². The Bertz CT molecular complexity index is 300. The predicted molar refractivity (Wildman–Crippen MR) is 73.3 cm³/mol. The molecule has 3 aliphatic heterocycles. The molecule has 0 bridgehead atoms. The Morgan fingerprint density at radius 1 is 0.550 bits per heavy atom. The van der Waals surface area contributed by atoms with Crippen molar-refractivity contribution >= 4 is 7.82 Å². The van der Waals surface area contributed by atoms with Gasteiger partial charge in [0.25, 0.3) is 0 Å². The lowest BCUT2D eigenvalue weighted by Crippen LogP contribution is -2.28. The summed E-state index contributed by atoms with van der Waals surface area (Å²) in [5, 5.41) is 5.15. The zero-order valence-corrected chi connectivity index (χ0v) is 12.8. The van der Waals surface area contributed by atoms with E-state index < -0.39 is 7.82 Å². The summed E-state index contributed by atoms with van der Waals surface area (Å²) in [6.45, 7) is 4.73. The van der Waals surface area contributed by atoms with E-state index in [9.17, 15) is 4.57 Å². The van der Waals surface area contributed by atoms with Crippen LogP contribution in [-0.2, 0) is 18.4 Å². The van der Waals surface area contributed by atoms with Crippen LogP contribution in [0.2, 0.25) is 0 Å². The first kappa shape index (κ1) is 14.9. The van der Waals surface area contributed by atoms with Crippen LogP contribution in [0.4, 0.5) is 0 Å². The maximum absolute atomic E-state index is 12.9. The Hall–Kier alpha value is -0.0100. The summed E-state index contributed by atoms with van der Waals surface area (Å²) in [6, 6.07) is 0. The largest absolute Gasteiger partial charge is 0.525 e. The minimum absolute atomic E-state index is 0.788. The van der Waals surface area contributed by atoms with Gasteiger partial charge in [-0.15, -0.1) is 0 Å². The van der Waals surface area contributed by atoms with Gasteiger partial charge in [0.1, 0.15) is 0 Å². The smallest absolute Gasteiger partial charge is 0.223 e. The summed E-state index contributed by atoms with van der Waals surface area (Å²) in [5.41, 5.74) is 0. The maximum Gasteiger partial charge on any atom is 0.525 e. The lowest BCUT2D eigenvalue weighted by molar-refractivity contribution is -0.170. The van der Waals surface area contributed by atoms with Crippen LogP contribution < -0.4 is 0 Å². The molecule has 3 aliphatic rings. The van der Waals surface area contributed by atoms with Crippen molar-refractivity contribution in [2.24, 2.45) is 0 Å². The first-order chi connectivity index (χ1) is 9.73. The predicted octanol–water partition coefficient (Wildman–Crippen LogP) is 2.18. The molecule has 116 valence electrons. The van der Waals surface area contributed by atoms with Gasteiger partial charge in [-0.25, -0.2) is 4.57 Å². The molecule has 8 heteroatoms. The van der Waals surface area contributed by atoms with Crippen molar-refractivity contribution in [3.05, 3.63) is 0 Å². The van der Waals surface area contributed by atoms with E-state index in [2.05, 4.69) is 0 Å². The monoisotopic (exact) mass is 305 g/mol. The highest BCUT2D eigenvalue weighted by molar-refractivity contribution is 7.48. The summed E-state index contributed by atoms with van der Waals surface area (Å²) in [6.07, 6.45) is 6.38. The standard InChI is InChI=1S/C12H24N3O4P/c16-20(17-13-7-1-2-8-13,18-14-9-3-4-10-14)19-15-11-5-6-12-15/h1-12H2. The summed E-state index contributed by atoms with van der Waals surface area (Å²) in [5.74, 6) is 0. The molecule has 0 amide bonds. The Labute approximate surface area is 120 Å². The van der Waals surface area contributed by atoms with Gasteiger partial charge in [0, 0.05) is 39.3 Å². The molecule has 20 heavy (non-hydrogen) atoms. The summed E-state index contributed by atoms with van der Waals surface area (Å²) >= 11 is 0. The zero-order chi connectivity index (χ0) is 13.8. The Morgan fingerprint density at radius 3 is 1.05 bits per heavy atom. The van der Waals surface area contributed by atoms with Crippen LogP contribution in [-0.4, -0.2) is 54.5 Å². The van der Waals surface area contributed by atoms with E-state index in [1.165, 1.54) is 0 Å². The fourth-order valence-electron chi connectivity index (χ4n) is 2.78. The molecular formula is C12H24N3O4P. The molecule has 0 aromatic rings. The van der Waals surface area contributed by atoms with Crippen LogP contribution in [0.1, 0.15) is 38.5 Å². The molecule has 3 rings (SSSR count). The average molecular weight is 305 g/mol. The van der Waals surface area contributed by atoms with Crippen LogP contribution >= 0.6 is 7.82 Å². The Kier molecular flexibility index (Phi) is 5.09. The number of hydroxylamine groups is 6. The molecule has 0 radical (unpaired) electrons. The van der Waals surface area contributed by atoms with Crippen LogP contribution in [0.5, 0.6) is 0 Å². The molecule has 0 spiro atoms. The SMILES string of the molecule is O=P(ON1CCCC1)(ON1CCCC1)ON1CCCC1. The molecule has 0 aliphatic carbocycles. The van der Waals surface area contributed by atoms with Crippen molar-refractivity contribution < 1.29 is 18.4 Å². The van der Waals surface area contributed by atoms with E-state index in [-0.39, 0.29) is 0 Å². The molecule has 0 aromatic heterocycles. The number of rotatable bonds is 6. The van der Waals surface area contributed by atoms with Crippen LogP contribution in [0.25, 0.3) is 0 Å². The highest BCUT2D eigenvalue weighted by Crippen LogP contribution is 2.53. The second-order valence-corrected chi connectivity index (χ2v) is 6.98. The second-order valence-electron chi connectivity index (χ2n) is 5.60. The van der Waals surface area contributed by atoms with E-state index in [0.717, 1.165) is 77.8 Å². The molecule has 7 nitrogen and oxygen atoms in total. The Morgan fingerprint density at radius 2 is 0.800 bits per heavy atom. The third-order valence-electron chi connectivity index (χ3n) is 3.84. The fraction of sp³-hybridized carbons (Fsp3) is 1.00. The van der Waals surface area contributed by atoms with E-state index in [1.54, 1.807) is 15.2 Å². The van der Waals surface area contributed by atoms with Crippen molar-refractivity contribution in [2.75, 3.05) is 39.3 Å². The lowest BCUT2D eigenvalue weighted by atomic mass is 10.4. The number of hydrogen-bond donors (Lipinski definition) is 0. The van der Waals surface area contributed by atoms with Gasteiger partial charge in [-0.2, -0.15) is 29.1 Å². The van der Waals surface area contributed by atoms with Gasteiger partial charge in [-0.3, -0.25) is 0 Å². The quantitative estimate of drug-likeness (QED) is 0.697. The van der Waals surface area contributed by atoms with E-state index >= 15 is 0 Å². The molecule has 0 atom stereocenters. The lowest BCUT2D eigenvalue weighted by Gasteiger charge is -2.28. The first-order valence-electron chi connectivity index (χ1n) is 7.68. The highest BCUT2D eigenvalue weighted by atomic mass is 31.2. The Balaban J connectivity index is 1.61. The van der Waals surface area contributed by atoms with Crippen LogP contribution in [0, 0.1) is 0 Å². The van der Waals surface area contributed by atoms with Crippen molar-refractivity contribution in [3.63, 3.8) is 0 Å². The van der Waals surface area contributed by atoms with Gasteiger partial charge >= 0.3 is 7.82 Å². The number of phosphoric acid groups is 1. The highest BCUT2D eigenvalue weighted by Gasteiger charge is 2.38. The zero-order valence-electron chi connectivity index (χ0n) is 11.9. The van der Waals surface area contributed by atoms with Gasteiger partial charge in [0.05, 0.1) is 0 Å². The normalized spacial score (nSPS) is 26.8. The van der Waals surface area contributed by atoms with Crippen molar-refractivity contribution in [3.8, 4) is 0 Å². The molecule has 3 saturated heterocycles. The summed E-state index contributed by atoms with van der Waals surface area (Å²) < 4.78 is 29.6. The first-order valence-corrected chi connectivity index (χ1v) is 9.14. The number of nitrogens with zero attached hydrogens (tertiary/aromatic N) is 3. The van der Waals surface area contributed by atoms with Gasteiger partial charge in [-0.1, -0.05) is 0 Å². The second kappa shape index (κ2) is 6.83. The molecule has 0 saturated carbocycles. The van der Waals surface area contributed by atoms with E-state index in [0.29, 0.717) is 0 Å². The van der Waals surface area contributed by atoms with Crippen molar-refractivity contribution in [1.82, 2.24) is 15.2 Å². The van der Waals surface area contributed by atoms with Crippen LogP contribution in [0.15, 0.2) is 0 Å². The third-order valence-corrected chi connectivity index (χ3v) is 5.13. The molecule has 3 fully saturated rings. The molecule has 0 N–H and O–H groups in total. The van der Waals surface area contributed by atoms with E-state index in [1.807, 2.05) is 0 Å². The topological polar surface area (TPSA) is 54.5 Å².